The summed E-state index contributed by atoms with van der Waals surface area (Å²) in [5, 5.41) is 0. The standard InChI is InChI=1S/C17H25FN2O5S/c1-2-24-17(21)20-10-8-15(9-11-20)19-26(22,23)13-3-12-25-16-6-4-14(18)5-7-16/h4-7,15,19H,2-3,8-13H2,1H3. The molecule has 1 amide bonds. The number of amides is 1. The zero-order valence-electron chi connectivity index (χ0n) is 14.8. The van der Waals surface area contributed by atoms with E-state index in [9.17, 15) is 17.6 Å². The Labute approximate surface area is 153 Å². The van der Waals surface area contributed by atoms with Crippen LogP contribution in [-0.2, 0) is 14.8 Å². The Bertz CT molecular complexity index is 673. The van der Waals surface area contributed by atoms with E-state index in [-0.39, 0.29) is 30.3 Å². The molecule has 1 aliphatic heterocycles. The first-order valence-electron chi connectivity index (χ1n) is 8.69. The van der Waals surface area contributed by atoms with E-state index < -0.39 is 10.0 Å². The van der Waals surface area contributed by atoms with Gasteiger partial charge in [0.1, 0.15) is 11.6 Å². The molecule has 0 radical (unpaired) electrons. The molecule has 1 N–H and O–H groups in total. The fourth-order valence-corrected chi connectivity index (χ4v) is 4.04. The van der Waals surface area contributed by atoms with E-state index in [0.29, 0.717) is 44.7 Å². The van der Waals surface area contributed by atoms with E-state index in [1.165, 1.54) is 24.3 Å². The van der Waals surface area contributed by atoms with Gasteiger partial charge >= 0.3 is 6.09 Å². The van der Waals surface area contributed by atoms with Crippen molar-refractivity contribution >= 4 is 16.1 Å². The molecule has 2 rings (SSSR count). The molecule has 26 heavy (non-hydrogen) atoms. The highest BCUT2D eigenvalue weighted by Crippen LogP contribution is 2.14. The average molecular weight is 388 g/mol. The smallest absolute Gasteiger partial charge is 0.409 e. The molecule has 146 valence electrons. The Morgan fingerprint density at radius 3 is 2.54 bits per heavy atom. The summed E-state index contributed by atoms with van der Waals surface area (Å²) in [6, 6.07) is 5.40. The lowest BCUT2D eigenvalue weighted by Crippen LogP contribution is -2.47. The van der Waals surface area contributed by atoms with Crippen molar-refractivity contribution in [3.8, 4) is 5.75 Å². The van der Waals surface area contributed by atoms with Crippen LogP contribution in [0, 0.1) is 5.82 Å². The maximum Gasteiger partial charge on any atom is 0.409 e. The van der Waals surface area contributed by atoms with Gasteiger partial charge in [0.25, 0.3) is 0 Å². The lowest BCUT2D eigenvalue weighted by Gasteiger charge is -2.31. The molecule has 0 atom stereocenters. The van der Waals surface area contributed by atoms with Crippen molar-refractivity contribution < 1.29 is 27.1 Å². The maximum atomic E-state index is 12.8. The Morgan fingerprint density at radius 1 is 1.27 bits per heavy atom. The highest BCUT2D eigenvalue weighted by atomic mass is 32.2. The zero-order valence-corrected chi connectivity index (χ0v) is 15.6. The molecule has 1 aliphatic rings. The third-order valence-electron chi connectivity index (χ3n) is 4.01. The largest absolute Gasteiger partial charge is 0.494 e. The van der Waals surface area contributed by atoms with Crippen LogP contribution in [0.1, 0.15) is 26.2 Å². The summed E-state index contributed by atoms with van der Waals surface area (Å²) in [6.45, 7) is 3.25. The molecule has 1 saturated heterocycles. The number of carbonyl (C=O) groups is 1. The number of sulfonamides is 1. The van der Waals surface area contributed by atoms with Crippen molar-refractivity contribution in [2.45, 2.75) is 32.2 Å². The number of nitrogens with zero attached hydrogens (tertiary/aromatic N) is 1. The number of hydrogen-bond acceptors (Lipinski definition) is 5. The van der Waals surface area contributed by atoms with Crippen LogP contribution < -0.4 is 9.46 Å². The predicted octanol–water partition coefficient (Wildman–Crippen LogP) is 2.13. The molecule has 0 unspecified atom stereocenters. The number of ether oxygens (including phenoxy) is 2. The second-order valence-corrected chi connectivity index (χ2v) is 7.93. The third kappa shape index (κ3) is 6.80. The van der Waals surface area contributed by atoms with Crippen LogP contribution in [0.5, 0.6) is 5.75 Å². The van der Waals surface area contributed by atoms with Crippen LogP contribution in [0.3, 0.4) is 0 Å². The first-order chi connectivity index (χ1) is 12.4. The van der Waals surface area contributed by atoms with Gasteiger partial charge < -0.3 is 14.4 Å². The van der Waals surface area contributed by atoms with Crippen LogP contribution in [0.25, 0.3) is 0 Å². The summed E-state index contributed by atoms with van der Waals surface area (Å²) < 4.78 is 50.1. The number of piperidine rings is 1. The number of carbonyl (C=O) groups excluding carboxylic acids is 1. The van der Waals surface area contributed by atoms with E-state index in [4.69, 9.17) is 9.47 Å². The van der Waals surface area contributed by atoms with Gasteiger partial charge in [-0.3, -0.25) is 0 Å². The molecule has 0 bridgehead atoms. The Kier molecular flexibility index (Phi) is 7.65. The minimum absolute atomic E-state index is 0.0493. The molecular formula is C17H25FN2O5S. The van der Waals surface area contributed by atoms with Gasteiger partial charge in [-0.1, -0.05) is 0 Å². The van der Waals surface area contributed by atoms with E-state index in [2.05, 4.69) is 4.72 Å². The van der Waals surface area contributed by atoms with Crippen molar-refractivity contribution in [2.75, 3.05) is 32.1 Å². The lowest BCUT2D eigenvalue weighted by atomic mass is 10.1. The minimum atomic E-state index is -3.42. The van der Waals surface area contributed by atoms with Gasteiger partial charge in [-0.2, -0.15) is 0 Å². The summed E-state index contributed by atoms with van der Waals surface area (Å²) in [7, 11) is -3.42. The summed E-state index contributed by atoms with van der Waals surface area (Å²) in [5.74, 6) is 0.105. The normalized spacial score (nSPS) is 15.7. The third-order valence-corrected chi connectivity index (χ3v) is 5.53. The molecule has 9 heteroatoms. The molecule has 0 saturated carbocycles. The zero-order chi connectivity index (χ0) is 19.0. The second-order valence-electron chi connectivity index (χ2n) is 6.05. The second kappa shape index (κ2) is 9.72. The van der Waals surface area contributed by atoms with Crippen LogP contribution in [0.2, 0.25) is 0 Å². The Hall–Kier alpha value is -1.87. The molecule has 1 fully saturated rings. The van der Waals surface area contributed by atoms with E-state index in [1.807, 2.05) is 0 Å². The molecular weight excluding hydrogens is 363 g/mol. The maximum absolute atomic E-state index is 12.8. The fraction of sp³-hybridized carbons (Fsp3) is 0.588. The number of halogens is 1. The van der Waals surface area contributed by atoms with Gasteiger partial charge in [0.15, 0.2) is 0 Å². The van der Waals surface area contributed by atoms with Gasteiger partial charge in [-0.25, -0.2) is 22.3 Å². The SMILES string of the molecule is CCOC(=O)N1CCC(NS(=O)(=O)CCCOc2ccc(F)cc2)CC1. The number of likely N-dealkylation sites (tertiary alicyclic amines) is 1. The molecule has 7 nitrogen and oxygen atoms in total. The lowest BCUT2D eigenvalue weighted by molar-refractivity contribution is 0.0966. The van der Waals surface area contributed by atoms with Crippen molar-refractivity contribution in [3.05, 3.63) is 30.1 Å². The summed E-state index contributed by atoms with van der Waals surface area (Å²) in [5.41, 5.74) is 0. The topological polar surface area (TPSA) is 84.9 Å². The Balaban J connectivity index is 1.67. The van der Waals surface area contributed by atoms with Crippen LogP contribution >= 0.6 is 0 Å². The number of benzene rings is 1. The van der Waals surface area contributed by atoms with Gasteiger partial charge in [-0.05, 0) is 50.5 Å². The van der Waals surface area contributed by atoms with Gasteiger partial charge in [0.2, 0.25) is 10.0 Å². The highest BCUT2D eigenvalue weighted by molar-refractivity contribution is 7.89. The van der Waals surface area contributed by atoms with Gasteiger partial charge in [-0.15, -0.1) is 0 Å². The molecule has 0 aromatic heterocycles. The van der Waals surface area contributed by atoms with Crippen LogP contribution in [-0.4, -0.2) is 57.5 Å². The molecule has 1 heterocycles. The van der Waals surface area contributed by atoms with E-state index in [1.54, 1.807) is 11.8 Å². The van der Waals surface area contributed by atoms with E-state index in [0.717, 1.165) is 0 Å². The summed E-state index contributed by atoms with van der Waals surface area (Å²) >= 11 is 0. The van der Waals surface area contributed by atoms with E-state index >= 15 is 0 Å². The summed E-state index contributed by atoms with van der Waals surface area (Å²) in [6.07, 6.45) is 1.09. The van der Waals surface area contributed by atoms with Gasteiger partial charge in [0.05, 0.1) is 19.0 Å². The molecule has 1 aromatic carbocycles. The average Bonchev–Trinajstić information content (AvgIpc) is 2.61. The predicted molar refractivity (Wildman–Crippen MR) is 95.1 cm³/mol. The van der Waals surface area contributed by atoms with Crippen molar-refractivity contribution in [1.82, 2.24) is 9.62 Å². The van der Waals surface area contributed by atoms with Crippen LogP contribution in [0.15, 0.2) is 24.3 Å². The van der Waals surface area contributed by atoms with Gasteiger partial charge in [0, 0.05) is 19.1 Å². The Morgan fingerprint density at radius 2 is 1.92 bits per heavy atom. The number of rotatable bonds is 8. The number of nitrogens with one attached hydrogen (secondary N) is 1. The fourth-order valence-electron chi connectivity index (χ4n) is 2.68. The monoisotopic (exact) mass is 388 g/mol. The number of hydrogen-bond donors (Lipinski definition) is 1. The van der Waals surface area contributed by atoms with Crippen molar-refractivity contribution in [1.29, 1.82) is 0 Å². The minimum Gasteiger partial charge on any atom is -0.494 e. The molecule has 0 aliphatic carbocycles. The van der Waals surface area contributed by atoms with Crippen LogP contribution in [0.4, 0.5) is 9.18 Å². The summed E-state index contributed by atoms with van der Waals surface area (Å²) in [4.78, 5) is 13.2. The van der Waals surface area contributed by atoms with Crippen molar-refractivity contribution in [2.24, 2.45) is 0 Å². The quantitative estimate of drug-likeness (QED) is 0.690. The van der Waals surface area contributed by atoms with Crippen molar-refractivity contribution in [3.63, 3.8) is 0 Å². The first kappa shape index (κ1) is 20.4. The molecule has 1 aromatic rings. The first-order valence-corrected chi connectivity index (χ1v) is 10.3. The molecule has 0 spiro atoms. The highest BCUT2D eigenvalue weighted by Gasteiger charge is 2.26.